The van der Waals surface area contributed by atoms with Gasteiger partial charge in [-0.15, -0.1) is 0 Å². The summed E-state index contributed by atoms with van der Waals surface area (Å²) in [5.41, 5.74) is 7.66. The van der Waals surface area contributed by atoms with Crippen LogP contribution in [-0.2, 0) is 0 Å². The minimum atomic E-state index is 0.777. The molecule has 0 N–H and O–H groups in total. The van der Waals surface area contributed by atoms with Crippen molar-refractivity contribution in [2.75, 3.05) is 14.2 Å². The number of azo groups is 2. The Bertz CT molecular complexity index is 1400. The highest BCUT2D eigenvalue weighted by molar-refractivity contribution is 5.71. The lowest BCUT2D eigenvalue weighted by Gasteiger charge is -2.06. The molecule has 0 saturated carbocycles. The number of benzene rings is 5. The maximum Gasteiger partial charge on any atom is 0.119 e. The van der Waals surface area contributed by atoms with Crippen LogP contribution in [0.15, 0.2) is 142 Å². The smallest absolute Gasteiger partial charge is 0.119 e. The van der Waals surface area contributed by atoms with E-state index in [4.69, 9.17) is 9.47 Å². The first kappa shape index (κ1) is 24.6. The van der Waals surface area contributed by atoms with Crippen LogP contribution in [0.5, 0.6) is 11.5 Å². The quantitative estimate of drug-likeness (QED) is 0.200. The number of nitrogens with zero attached hydrogens (tertiary/aromatic N) is 4. The van der Waals surface area contributed by atoms with Crippen LogP contribution in [-0.4, -0.2) is 14.2 Å². The van der Waals surface area contributed by atoms with Crippen LogP contribution < -0.4 is 9.47 Å². The van der Waals surface area contributed by atoms with Crippen molar-refractivity contribution in [1.29, 1.82) is 0 Å². The maximum absolute atomic E-state index is 5.17. The Kier molecular flexibility index (Phi) is 7.61. The standard InChI is InChI=1S/C32H26N4O2/c1-37-31-19-15-29(16-20-31)35-33-27-11-7-25(8-12-27)23-3-5-24(6-4-23)26-9-13-28(14-10-26)34-36-30-17-21-32(38-2)22-18-30/h3-22H,1-2H3/b35-33+,36-34+. The third-order valence-corrected chi connectivity index (χ3v) is 5.99. The molecule has 0 radical (unpaired) electrons. The molecule has 38 heavy (non-hydrogen) atoms. The molecule has 6 heteroatoms. The average Bonchev–Trinajstić information content (AvgIpc) is 3.00. The molecule has 0 aromatic heterocycles. The van der Waals surface area contributed by atoms with Crippen LogP contribution in [0.3, 0.4) is 0 Å². The Morgan fingerprint density at radius 1 is 0.316 bits per heavy atom. The summed E-state index contributed by atoms with van der Waals surface area (Å²) in [6.07, 6.45) is 0. The zero-order chi connectivity index (χ0) is 26.2. The second kappa shape index (κ2) is 11.8. The normalized spacial score (nSPS) is 11.2. The third kappa shape index (κ3) is 6.17. The average molecular weight is 499 g/mol. The molecule has 0 fully saturated rings. The highest BCUT2D eigenvalue weighted by Crippen LogP contribution is 2.29. The third-order valence-electron chi connectivity index (χ3n) is 5.99. The number of rotatable bonds is 8. The first-order valence-electron chi connectivity index (χ1n) is 12.1. The van der Waals surface area contributed by atoms with E-state index in [2.05, 4.69) is 69.0 Å². The molecule has 0 aliphatic heterocycles. The van der Waals surface area contributed by atoms with Crippen molar-refractivity contribution in [3.05, 3.63) is 121 Å². The molecule has 0 amide bonds. The van der Waals surface area contributed by atoms with Crippen molar-refractivity contribution in [2.24, 2.45) is 20.5 Å². The lowest BCUT2D eigenvalue weighted by Crippen LogP contribution is -1.80. The van der Waals surface area contributed by atoms with Crippen molar-refractivity contribution in [2.45, 2.75) is 0 Å². The molecule has 5 aromatic rings. The number of ether oxygens (including phenoxy) is 2. The number of methoxy groups -OCH3 is 2. The molecule has 6 nitrogen and oxygen atoms in total. The molecular weight excluding hydrogens is 472 g/mol. The van der Waals surface area contributed by atoms with Crippen LogP contribution in [0, 0.1) is 0 Å². The predicted molar refractivity (Wildman–Crippen MR) is 152 cm³/mol. The van der Waals surface area contributed by atoms with Crippen LogP contribution in [0.4, 0.5) is 22.7 Å². The van der Waals surface area contributed by atoms with Crippen LogP contribution in [0.25, 0.3) is 22.3 Å². The second-order valence-electron chi connectivity index (χ2n) is 8.47. The lowest BCUT2D eigenvalue weighted by atomic mass is 10.00. The topological polar surface area (TPSA) is 67.9 Å². The molecule has 0 aliphatic rings. The fraction of sp³-hybridized carbons (Fsp3) is 0.0625. The van der Waals surface area contributed by atoms with Gasteiger partial charge in [0.25, 0.3) is 0 Å². The first-order chi connectivity index (χ1) is 18.7. The monoisotopic (exact) mass is 498 g/mol. The second-order valence-corrected chi connectivity index (χ2v) is 8.47. The molecular formula is C32H26N4O2. The summed E-state index contributed by atoms with van der Waals surface area (Å²) in [5, 5.41) is 17.2. The Morgan fingerprint density at radius 2 is 0.526 bits per heavy atom. The van der Waals surface area contributed by atoms with Crippen molar-refractivity contribution in [3.63, 3.8) is 0 Å². The Morgan fingerprint density at radius 3 is 0.763 bits per heavy atom. The Hall–Kier alpha value is -5.10. The molecule has 0 atom stereocenters. The van der Waals surface area contributed by atoms with E-state index < -0.39 is 0 Å². The van der Waals surface area contributed by atoms with Gasteiger partial charge in [-0.3, -0.25) is 0 Å². The largest absolute Gasteiger partial charge is 0.497 e. The van der Waals surface area contributed by atoms with Gasteiger partial charge in [0.05, 0.1) is 37.0 Å². The van der Waals surface area contributed by atoms with Gasteiger partial charge in [0.2, 0.25) is 0 Å². The van der Waals surface area contributed by atoms with E-state index in [9.17, 15) is 0 Å². The van der Waals surface area contributed by atoms with Gasteiger partial charge in [0, 0.05) is 0 Å². The highest BCUT2D eigenvalue weighted by atomic mass is 16.5. The SMILES string of the molecule is COc1ccc(/N=N/c2ccc(-c3ccc(-c4ccc(/N=N/c5ccc(OC)cc5)cc4)cc3)cc2)cc1. The minimum absolute atomic E-state index is 0.777. The highest BCUT2D eigenvalue weighted by Gasteiger charge is 2.02. The van der Waals surface area contributed by atoms with E-state index >= 15 is 0 Å². The number of hydrogen-bond donors (Lipinski definition) is 0. The van der Waals surface area contributed by atoms with E-state index in [0.29, 0.717) is 0 Å². The van der Waals surface area contributed by atoms with Crippen molar-refractivity contribution < 1.29 is 9.47 Å². The summed E-state index contributed by atoms with van der Waals surface area (Å²) >= 11 is 0. The van der Waals surface area contributed by atoms with Gasteiger partial charge in [-0.2, -0.15) is 20.5 Å². The summed E-state index contributed by atoms with van der Waals surface area (Å²) in [5.74, 6) is 1.59. The van der Waals surface area contributed by atoms with Gasteiger partial charge in [-0.1, -0.05) is 48.5 Å². The van der Waals surface area contributed by atoms with Gasteiger partial charge in [-0.05, 0) is 95.1 Å². The summed E-state index contributed by atoms with van der Waals surface area (Å²) < 4.78 is 10.3. The van der Waals surface area contributed by atoms with E-state index in [1.54, 1.807) is 14.2 Å². The Balaban J connectivity index is 1.22. The summed E-state index contributed by atoms with van der Waals surface area (Å²) in [7, 11) is 3.28. The zero-order valence-electron chi connectivity index (χ0n) is 21.2. The molecule has 186 valence electrons. The van der Waals surface area contributed by atoms with Crippen molar-refractivity contribution in [1.82, 2.24) is 0 Å². The fourth-order valence-corrected chi connectivity index (χ4v) is 3.82. The predicted octanol–water partition coefficient (Wildman–Crippen LogP) is 9.87. The van der Waals surface area contributed by atoms with Crippen molar-refractivity contribution in [3.8, 4) is 33.8 Å². The minimum Gasteiger partial charge on any atom is -0.497 e. The summed E-state index contributed by atoms with van der Waals surface area (Å²) in [6, 6.07) is 39.6. The molecule has 0 heterocycles. The molecule has 0 aliphatic carbocycles. The molecule has 5 rings (SSSR count). The van der Waals surface area contributed by atoms with Gasteiger partial charge in [-0.25, -0.2) is 0 Å². The fourth-order valence-electron chi connectivity index (χ4n) is 3.82. The zero-order valence-corrected chi connectivity index (χ0v) is 21.2. The summed E-state index contributed by atoms with van der Waals surface area (Å²) in [6.45, 7) is 0. The van der Waals surface area contributed by atoms with Crippen LogP contribution >= 0.6 is 0 Å². The van der Waals surface area contributed by atoms with Crippen LogP contribution in [0.1, 0.15) is 0 Å². The molecule has 0 saturated heterocycles. The number of hydrogen-bond acceptors (Lipinski definition) is 6. The van der Waals surface area contributed by atoms with E-state index in [-0.39, 0.29) is 0 Å². The van der Waals surface area contributed by atoms with Crippen molar-refractivity contribution >= 4 is 22.7 Å². The lowest BCUT2D eigenvalue weighted by molar-refractivity contribution is 0.414. The first-order valence-corrected chi connectivity index (χ1v) is 12.1. The maximum atomic E-state index is 5.17. The van der Waals surface area contributed by atoms with Crippen LogP contribution in [0.2, 0.25) is 0 Å². The van der Waals surface area contributed by atoms with Gasteiger partial charge in [0.15, 0.2) is 0 Å². The molecule has 5 aromatic carbocycles. The van der Waals surface area contributed by atoms with E-state index in [0.717, 1.165) is 56.5 Å². The summed E-state index contributed by atoms with van der Waals surface area (Å²) in [4.78, 5) is 0. The van der Waals surface area contributed by atoms with E-state index in [1.807, 2.05) is 72.8 Å². The Labute approximate surface area is 222 Å². The van der Waals surface area contributed by atoms with Gasteiger partial charge >= 0.3 is 0 Å². The molecule has 0 unspecified atom stereocenters. The molecule has 0 spiro atoms. The van der Waals surface area contributed by atoms with E-state index in [1.165, 1.54) is 0 Å². The molecule has 0 bridgehead atoms. The van der Waals surface area contributed by atoms with Gasteiger partial charge in [0.1, 0.15) is 11.5 Å². The van der Waals surface area contributed by atoms with Gasteiger partial charge < -0.3 is 9.47 Å².